The molecular formula is C20H16O3S. The second-order valence-electron chi connectivity index (χ2n) is 6.40. The van der Waals surface area contributed by atoms with Crippen molar-refractivity contribution in [2.75, 3.05) is 0 Å². The molecule has 5 rings (SSSR count). The maximum atomic E-state index is 12.6. The summed E-state index contributed by atoms with van der Waals surface area (Å²) in [5.41, 5.74) is 1.09. The average molecular weight is 336 g/mol. The van der Waals surface area contributed by atoms with Crippen molar-refractivity contribution in [1.29, 1.82) is 0 Å². The predicted molar refractivity (Wildman–Crippen MR) is 94.7 cm³/mol. The van der Waals surface area contributed by atoms with Crippen molar-refractivity contribution in [1.82, 2.24) is 0 Å². The standard InChI is InChI=1S/C20H16O3S/c21-19-17-15-10-6-12-20(15,24-13-7-2-1-3-8-13)23-18(17)14-9-4-5-11-16(14)22-19/h1-5,7-9,11,15H,6,10,12H2/t15-,20+/m1/s1. The molecule has 0 saturated heterocycles. The average Bonchev–Trinajstić information content (AvgIpc) is 3.11. The lowest BCUT2D eigenvalue weighted by atomic mass is 9.98. The molecule has 1 aliphatic carbocycles. The number of fused-ring (bicyclic) bond motifs is 5. The van der Waals surface area contributed by atoms with Crippen molar-refractivity contribution in [3.8, 4) is 5.75 Å². The Balaban J connectivity index is 1.68. The first-order chi connectivity index (χ1) is 11.8. The second-order valence-corrected chi connectivity index (χ2v) is 7.77. The topological polar surface area (TPSA) is 39.4 Å². The number of ether oxygens (including phenoxy) is 1. The highest BCUT2D eigenvalue weighted by Crippen LogP contribution is 2.60. The van der Waals surface area contributed by atoms with Crippen molar-refractivity contribution in [3.05, 3.63) is 70.6 Å². The summed E-state index contributed by atoms with van der Waals surface area (Å²) in [6.07, 6.45) is 2.98. The zero-order chi connectivity index (χ0) is 16.1. The van der Waals surface area contributed by atoms with Gasteiger partial charge in [-0.2, -0.15) is 0 Å². The minimum absolute atomic E-state index is 0.0959. The van der Waals surface area contributed by atoms with Crippen LogP contribution in [-0.2, 0) is 0 Å². The van der Waals surface area contributed by atoms with Gasteiger partial charge >= 0.3 is 5.63 Å². The lowest BCUT2D eigenvalue weighted by Crippen LogP contribution is -2.30. The highest BCUT2D eigenvalue weighted by molar-refractivity contribution is 8.00. The Morgan fingerprint density at radius 3 is 2.71 bits per heavy atom. The van der Waals surface area contributed by atoms with Crippen LogP contribution in [0.1, 0.15) is 30.7 Å². The van der Waals surface area contributed by atoms with E-state index in [0.29, 0.717) is 5.58 Å². The molecule has 2 heterocycles. The third-order valence-electron chi connectivity index (χ3n) is 5.00. The molecule has 4 heteroatoms. The SMILES string of the molecule is O=c1oc2ccccc2c2c1[C@H]1CCC[C@@]1(Sc1ccccc1)O2. The van der Waals surface area contributed by atoms with Gasteiger partial charge in [-0.25, -0.2) is 4.79 Å². The fourth-order valence-corrected chi connectivity index (χ4v) is 5.42. The fourth-order valence-electron chi connectivity index (χ4n) is 3.98. The summed E-state index contributed by atoms with van der Waals surface area (Å²) < 4.78 is 12.1. The van der Waals surface area contributed by atoms with Crippen LogP contribution in [0.2, 0.25) is 0 Å². The van der Waals surface area contributed by atoms with Gasteiger partial charge in [-0.05, 0) is 43.5 Å². The van der Waals surface area contributed by atoms with Gasteiger partial charge in [0.05, 0.1) is 10.9 Å². The number of thioether (sulfide) groups is 1. The summed E-state index contributed by atoms with van der Waals surface area (Å²) in [6, 6.07) is 17.9. The van der Waals surface area contributed by atoms with Crippen LogP contribution in [0.3, 0.4) is 0 Å². The number of hydrogen-bond donors (Lipinski definition) is 0. The van der Waals surface area contributed by atoms with E-state index in [9.17, 15) is 4.79 Å². The minimum Gasteiger partial charge on any atom is -0.474 e. The van der Waals surface area contributed by atoms with Gasteiger partial charge in [-0.15, -0.1) is 0 Å². The molecule has 3 aromatic rings. The van der Waals surface area contributed by atoms with Gasteiger partial charge in [0.25, 0.3) is 0 Å². The lowest BCUT2D eigenvalue weighted by Gasteiger charge is -2.28. The Kier molecular flexibility index (Phi) is 3.04. The van der Waals surface area contributed by atoms with E-state index in [-0.39, 0.29) is 16.5 Å². The Hall–Kier alpha value is -2.20. The zero-order valence-electron chi connectivity index (χ0n) is 13.0. The van der Waals surface area contributed by atoms with Gasteiger partial charge in [0.15, 0.2) is 4.93 Å². The molecule has 1 fully saturated rings. The van der Waals surface area contributed by atoms with Gasteiger partial charge < -0.3 is 9.15 Å². The van der Waals surface area contributed by atoms with Crippen LogP contribution < -0.4 is 10.4 Å². The van der Waals surface area contributed by atoms with Crippen LogP contribution in [0.25, 0.3) is 11.0 Å². The highest BCUT2D eigenvalue weighted by Gasteiger charge is 2.54. The summed E-state index contributed by atoms with van der Waals surface area (Å²) in [5, 5.41) is 0.898. The quantitative estimate of drug-likeness (QED) is 0.621. The van der Waals surface area contributed by atoms with Crippen LogP contribution in [-0.4, -0.2) is 4.93 Å². The van der Waals surface area contributed by atoms with Crippen LogP contribution in [0.15, 0.2) is 68.7 Å². The minimum atomic E-state index is -0.386. The van der Waals surface area contributed by atoms with E-state index in [1.807, 2.05) is 42.5 Å². The van der Waals surface area contributed by atoms with E-state index in [4.69, 9.17) is 9.15 Å². The molecule has 0 bridgehead atoms. The molecule has 3 nitrogen and oxygen atoms in total. The lowest BCUT2D eigenvalue weighted by molar-refractivity contribution is 0.189. The molecule has 1 aliphatic heterocycles. The molecule has 0 spiro atoms. The van der Waals surface area contributed by atoms with Crippen LogP contribution in [0, 0.1) is 0 Å². The van der Waals surface area contributed by atoms with E-state index >= 15 is 0 Å². The summed E-state index contributed by atoms with van der Waals surface area (Å²) in [5.74, 6) is 0.827. The first-order valence-electron chi connectivity index (χ1n) is 8.26. The molecule has 0 radical (unpaired) electrons. The first-order valence-corrected chi connectivity index (χ1v) is 9.07. The Labute approximate surface area is 143 Å². The van der Waals surface area contributed by atoms with E-state index in [2.05, 4.69) is 12.1 Å². The smallest absolute Gasteiger partial charge is 0.343 e. The first kappa shape index (κ1) is 14.2. The van der Waals surface area contributed by atoms with Crippen molar-refractivity contribution in [2.45, 2.75) is 35.0 Å². The molecule has 24 heavy (non-hydrogen) atoms. The molecule has 1 saturated carbocycles. The third kappa shape index (κ3) is 1.96. The molecule has 0 N–H and O–H groups in total. The molecule has 2 aliphatic rings. The van der Waals surface area contributed by atoms with Crippen LogP contribution in [0.4, 0.5) is 0 Å². The summed E-state index contributed by atoms with van der Waals surface area (Å²) >= 11 is 1.74. The number of rotatable bonds is 2. The Bertz CT molecular complexity index is 979. The molecular weight excluding hydrogens is 320 g/mol. The largest absolute Gasteiger partial charge is 0.474 e. The predicted octanol–water partition coefficient (Wildman–Crippen LogP) is 4.94. The molecule has 0 amide bonds. The van der Waals surface area contributed by atoms with Crippen molar-refractivity contribution >= 4 is 22.7 Å². The van der Waals surface area contributed by atoms with E-state index < -0.39 is 0 Å². The third-order valence-corrected chi connectivity index (χ3v) is 6.43. The van der Waals surface area contributed by atoms with Gasteiger partial charge in [0.2, 0.25) is 0 Å². The van der Waals surface area contributed by atoms with Gasteiger partial charge in [-0.3, -0.25) is 0 Å². The molecule has 0 unspecified atom stereocenters. The summed E-state index contributed by atoms with van der Waals surface area (Å²) in [6.45, 7) is 0. The molecule has 2 atom stereocenters. The van der Waals surface area contributed by atoms with E-state index in [0.717, 1.165) is 36.0 Å². The van der Waals surface area contributed by atoms with E-state index in [1.54, 1.807) is 11.8 Å². The summed E-state index contributed by atoms with van der Waals surface area (Å²) in [4.78, 5) is 13.4. The normalized spacial score (nSPS) is 24.6. The van der Waals surface area contributed by atoms with Gasteiger partial charge in [0.1, 0.15) is 11.3 Å². The Morgan fingerprint density at radius 1 is 1.04 bits per heavy atom. The van der Waals surface area contributed by atoms with Crippen molar-refractivity contribution < 1.29 is 9.15 Å². The summed E-state index contributed by atoms with van der Waals surface area (Å²) in [7, 11) is 0. The fraction of sp³-hybridized carbons (Fsp3) is 0.250. The monoisotopic (exact) mass is 336 g/mol. The maximum absolute atomic E-state index is 12.6. The highest BCUT2D eigenvalue weighted by atomic mass is 32.2. The second kappa shape index (κ2) is 5.15. The van der Waals surface area contributed by atoms with Crippen LogP contribution >= 0.6 is 11.8 Å². The Morgan fingerprint density at radius 2 is 1.83 bits per heavy atom. The number of hydrogen-bond acceptors (Lipinski definition) is 4. The zero-order valence-corrected chi connectivity index (χ0v) is 13.8. The van der Waals surface area contributed by atoms with Crippen molar-refractivity contribution in [2.24, 2.45) is 0 Å². The number of benzene rings is 2. The molecule has 120 valence electrons. The van der Waals surface area contributed by atoms with Crippen LogP contribution in [0.5, 0.6) is 5.75 Å². The van der Waals surface area contributed by atoms with Gasteiger partial charge in [0, 0.05) is 10.8 Å². The molecule has 2 aromatic carbocycles. The maximum Gasteiger partial charge on any atom is 0.343 e. The number of para-hydroxylation sites is 1. The van der Waals surface area contributed by atoms with Crippen molar-refractivity contribution in [3.63, 3.8) is 0 Å². The molecule has 1 aromatic heterocycles. The van der Waals surface area contributed by atoms with E-state index in [1.165, 1.54) is 4.90 Å². The van der Waals surface area contributed by atoms with Gasteiger partial charge in [-0.1, -0.05) is 42.1 Å².